The van der Waals surface area contributed by atoms with Crippen molar-refractivity contribution in [2.24, 2.45) is 0 Å². The first-order valence-corrected chi connectivity index (χ1v) is 11.5. The summed E-state index contributed by atoms with van der Waals surface area (Å²) in [7, 11) is 1.67. The summed E-state index contributed by atoms with van der Waals surface area (Å²) in [6, 6.07) is 13.4. The van der Waals surface area contributed by atoms with Crippen molar-refractivity contribution < 1.29 is 23.1 Å². The first-order chi connectivity index (χ1) is 15.8. The lowest BCUT2D eigenvalue weighted by atomic mass is 10.2. The first kappa shape index (κ1) is 24.4. The summed E-state index contributed by atoms with van der Waals surface area (Å²) < 4.78 is 29.4. The van der Waals surface area contributed by atoms with Crippen molar-refractivity contribution in [2.75, 3.05) is 23.4 Å². The van der Waals surface area contributed by atoms with Crippen molar-refractivity contribution in [2.45, 2.75) is 24.4 Å². The number of amides is 2. The summed E-state index contributed by atoms with van der Waals surface area (Å²) >= 11 is 2.58. The van der Waals surface area contributed by atoms with Crippen molar-refractivity contribution in [3.05, 3.63) is 54.1 Å². The van der Waals surface area contributed by atoms with E-state index in [0.717, 1.165) is 11.3 Å². The van der Waals surface area contributed by atoms with Gasteiger partial charge in [-0.1, -0.05) is 41.3 Å². The van der Waals surface area contributed by atoms with E-state index in [1.807, 2.05) is 6.07 Å². The molecule has 2 aromatic carbocycles. The van der Waals surface area contributed by atoms with Crippen LogP contribution in [0, 0.1) is 0 Å². The number of hydrogen-bond donors (Lipinski definition) is 2. The number of carbonyl (C=O) groups is 2. The Morgan fingerprint density at radius 2 is 1.88 bits per heavy atom. The fourth-order valence-corrected chi connectivity index (χ4v) is 4.40. The van der Waals surface area contributed by atoms with Crippen LogP contribution >= 0.6 is 23.1 Å². The molecule has 1 heterocycles. The Balaban J connectivity index is 1.48. The van der Waals surface area contributed by atoms with Gasteiger partial charge >= 0.3 is 6.61 Å². The van der Waals surface area contributed by atoms with Crippen molar-refractivity contribution in [1.82, 2.24) is 15.1 Å². The highest BCUT2D eigenvalue weighted by atomic mass is 32.2. The van der Waals surface area contributed by atoms with Crippen LogP contribution in [0.2, 0.25) is 0 Å². The highest BCUT2D eigenvalue weighted by Gasteiger charge is 2.13. The number of ether oxygens (including phenoxy) is 1. The molecule has 0 aliphatic rings. The minimum atomic E-state index is -2.87. The SMILES string of the molecule is CC(=O)Nc1cccc(Nc2nnc(SCC(=O)N(C)Cc3ccc(OC(F)F)cc3)s2)c1. The summed E-state index contributed by atoms with van der Waals surface area (Å²) in [5.41, 5.74) is 2.20. The summed E-state index contributed by atoms with van der Waals surface area (Å²) in [4.78, 5) is 25.2. The van der Waals surface area contributed by atoms with Gasteiger partial charge in [-0.15, -0.1) is 10.2 Å². The van der Waals surface area contributed by atoms with Crippen LogP contribution in [0.3, 0.4) is 0 Å². The zero-order valence-corrected chi connectivity index (χ0v) is 19.4. The number of nitrogens with one attached hydrogen (secondary N) is 2. The molecule has 1 aromatic heterocycles. The fourth-order valence-electron chi connectivity index (χ4n) is 2.69. The number of rotatable bonds is 10. The molecule has 0 atom stereocenters. The molecule has 8 nitrogen and oxygen atoms in total. The van der Waals surface area contributed by atoms with E-state index < -0.39 is 6.61 Å². The lowest BCUT2D eigenvalue weighted by Crippen LogP contribution is -2.27. The molecule has 33 heavy (non-hydrogen) atoms. The number of nitrogens with zero attached hydrogens (tertiary/aromatic N) is 3. The Kier molecular flexibility index (Phi) is 8.55. The second-order valence-corrected chi connectivity index (χ2v) is 9.02. The van der Waals surface area contributed by atoms with Gasteiger partial charge in [0.1, 0.15) is 5.75 Å². The predicted octanol–water partition coefficient (Wildman–Crippen LogP) is 4.59. The number of anilines is 3. The highest BCUT2D eigenvalue weighted by molar-refractivity contribution is 8.01. The molecule has 12 heteroatoms. The lowest BCUT2D eigenvalue weighted by molar-refractivity contribution is -0.127. The van der Waals surface area contributed by atoms with Gasteiger partial charge in [-0.3, -0.25) is 9.59 Å². The molecule has 2 amide bonds. The van der Waals surface area contributed by atoms with Crippen LogP contribution in [0.1, 0.15) is 12.5 Å². The minimum Gasteiger partial charge on any atom is -0.435 e. The third-order valence-electron chi connectivity index (χ3n) is 4.15. The van der Waals surface area contributed by atoms with Gasteiger partial charge in [-0.25, -0.2) is 0 Å². The Morgan fingerprint density at radius 1 is 1.15 bits per heavy atom. The molecule has 0 unspecified atom stereocenters. The highest BCUT2D eigenvalue weighted by Crippen LogP contribution is 2.28. The van der Waals surface area contributed by atoms with Crippen LogP contribution in [-0.4, -0.2) is 46.3 Å². The molecule has 0 saturated carbocycles. The molecule has 174 valence electrons. The summed E-state index contributed by atoms with van der Waals surface area (Å²) in [5, 5.41) is 14.6. The molecule has 0 spiro atoms. The van der Waals surface area contributed by atoms with Crippen molar-refractivity contribution >= 4 is 51.4 Å². The molecule has 0 bridgehead atoms. The Hall–Kier alpha value is -3.25. The molecule has 3 aromatic rings. The van der Waals surface area contributed by atoms with Gasteiger partial charge in [0.15, 0.2) is 4.34 Å². The van der Waals surface area contributed by atoms with E-state index in [1.54, 1.807) is 42.3 Å². The fraction of sp³-hybridized carbons (Fsp3) is 0.238. The van der Waals surface area contributed by atoms with E-state index in [2.05, 4.69) is 25.6 Å². The predicted molar refractivity (Wildman–Crippen MR) is 124 cm³/mol. The second-order valence-electron chi connectivity index (χ2n) is 6.82. The van der Waals surface area contributed by atoms with E-state index in [-0.39, 0.29) is 23.3 Å². The van der Waals surface area contributed by atoms with Crippen LogP contribution < -0.4 is 15.4 Å². The number of hydrogen-bond acceptors (Lipinski definition) is 8. The Labute approximate surface area is 197 Å². The van der Waals surface area contributed by atoms with Crippen LogP contribution in [0.5, 0.6) is 5.75 Å². The van der Waals surface area contributed by atoms with Crippen LogP contribution in [0.25, 0.3) is 0 Å². The average Bonchev–Trinajstić information content (AvgIpc) is 3.20. The molecule has 3 rings (SSSR count). The van der Waals surface area contributed by atoms with E-state index in [4.69, 9.17) is 0 Å². The molecule has 0 aliphatic heterocycles. The number of thioether (sulfide) groups is 1. The molecule has 0 fully saturated rings. The summed E-state index contributed by atoms with van der Waals surface area (Å²) in [5.74, 6) is -0.0222. The molecular weight excluding hydrogens is 472 g/mol. The van der Waals surface area contributed by atoms with Crippen molar-refractivity contribution in [3.63, 3.8) is 0 Å². The lowest BCUT2D eigenvalue weighted by Gasteiger charge is -2.17. The third-order valence-corrected chi connectivity index (χ3v) is 6.11. The van der Waals surface area contributed by atoms with Crippen molar-refractivity contribution in [3.8, 4) is 5.75 Å². The maximum Gasteiger partial charge on any atom is 0.387 e. The molecule has 0 saturated heterocycles. The molecule has 0 radical (unpaired) electrons. The molecular formula is C21H21F2N5O3S2. The second kappa shape index (κ2) is 11.6. The number of alkyl halides is 2. The molecule has 0 aliphatic carbocycles. The Bertz CT molecular complexity index is 1100. The smallest absolute Gasteiger partial charge is 0.387 e. The monoisotopic (exact) mass is 493 g/mol. The maximum atomic E-state index is 12.4. The largest absolute Gasteiger partial charge is 0.435 e. The average molecular weight is 494 g/mol. The van der Waals surface area contributed by atoms with Gasteiger partial charge < -0.3 is 20.3 Å². The molecule has 2 N–H and O–H groups in total. The zero-order valence-electron chi connectivity index (χ0n) is 17.7. The van der Waals surface area contributed by atoms with E-state index in [9.17, 15) is 18.4 Å². The standard InChI is InChI=1S/C21H21F2N5O3S2/c1-13(29)24-15-4-3-5-16(10-15)25-20-26-27-21(33-20)32-12-18(30)28(2)11-14-6-8-17(9-7-14)31-19(22)23/h3-10,19H,11-12H2,1-2H3,(H,24,29)(H,25,26). The summed E-state index contributed by atoms with van der Waals surface area (Å²) in [6.07, 6.45) is 0. The van der Waals surface area contributed by atoms with E-state index >= 15 is 0 Å². The van der Waals surface area contributed by atoms with Crippen LogP contribution in [-0.2, 0) is 16.1 Å². The van der Waals surface area contributed by atoms with Crippen molar-refractivity contribution in [1.29, 1.82) is 0 Å². The zero-order chi connectivity index (χ0) is 23.8. The minimum absolute atomic E-state index is 0.0702. The van der Waals surface area contributed by atoms with E-state index in [1.165, 1.54) is 42.2 Å². The normalized spacial score (nSPS) is 10.7. The van der Waals surface area contributed by atoms with Gasteiger partial charge in [0.25, 0.3) is 0 Å². The van der Waals surface area contributed by atoms with E-state index in [0.29, 0.717) is 21.7 Å². The van der Waals surface area contributed by atoms with Gasteiger partial charge in [-0.2, -0.15) is 8.78 Å². The first-order valence-electron chi connectivity index (χ1n) is 9.67. The Morgan fingerprint density at radius 3 is 2.58 bits per heavy atom. The maximum absolute atomic E-state index is 12.4. The third kappa shape index (κ3) is 7.99. The van der Waals surface area contributed by atoms with Gasteiger partial charge in [0.05, 0.1) is 5.75 Å². The van der Waals surface area contributed by atoms with Crippen LogP contribution in [0.15, 0.2) is 52.9 Å². The van der Waals surface area contributed by atoms with Gasteiger partial charge in [0, 0.05) is 31.9 Å². The van der Waals surface area contributed by atoms with Crippen LogP contribution in [0.4, 0.5) is 25.3 Å². The number of carbonyl (C=O) groups excluding carboxylic acids is 2. The number of halogens is 2. The topological polar surface area (TPSA) is 96.4 Å². The van der Waals surface area contributed by atoms with Gasteiger partial charge in [0.2, 0.25) is 16.9 Å². The van der Waals surface area contributed by atoms with Gasteiger partial charge in [-0.05, 0) is 35.9 Å². The number of aromatic nitrogens is 2. The summed E-state index contributed by atoms with van der Waals surface area (Å²) in [6.45, 7) is -1.10. The number of benzene rings is 2. The quantitative estimate of drug-likeness (QED) is 0.399.